The summed E-state index contributed by atoms with van der Waals surface area (Å²) in [5.74, 6) is -9.89. The Morgan fingerprint density at radius 2 is 0.852 bits per heavy atom. The van der Waals surface area contributed by atoms with Crippen molar-refractivity contribution in [3.63, 3.8) is 0 Å². The highest BCUT2D eigenvalue weighted by molar-refractivity contribution is 5.79. The summed E-state index contributed by atoms with van der Waals surface area (Å²) in [6.45, 7) is 8.75. The molecule has 1 heterocycles. The average molecular weight is 751 g/mol. The molecule has 0 spiro atoms. The molecule has 0 saturated carbocycles. The second-order valence-electron chi connectivity index (χ2n) is 11.6. The zero-order valence-corrected chi connectivity index (χ0v) is 30.2. The minimum absolute atomic E-state index is 0.0533. The fraction of sp³-hybridized carbons (Fsp3) is 0.297. The Morgan fingerprint density at radius 3 is 1.30 bits per heavy atom. The predicted octanol–water partition coefficient (Wildman–Crippen LogP) is 4.36. The van der Waals surface area contributed by atoms with Gasteiger partial charge in [-0.25, -0.2) is 0 Å². The van der Waals surface area contributed by atoms with E-state index in [0.29, 0.717) is 0 Å². The molecule has 3 unspecified atom stereocenters. The van der Waals surface area contributed by atoms with Crippen molar-refractivity contribution in [3.05, 3.63) is 59.2 Å². The molecule has 0 aliphatic carbocycles. The van der Waals surface area contributed by atoms with Crippen molar-refractivity contribution >= 4 is 47.8 Å². The van der Waals surface area contributed by atoms with E-state index in [4.69, 9.17) is 42.6 Å². The summed E-state index contributed by atoms with van der Waals surface area (Å²) in [7, 11) is 0. The highest BCUT2D eigenvalue weighted by atomic mass is 16.6. The first kappa shape index (κ1) is 40.0. The quantitative estimate of drug-likeness (QED) is 0.207. The molecule has 54 heavy (non-hydrogen) atoms. The molecule has 3 aromatic rings. The average Bonchev–Trinajstić information content (AvgIpc) is 3.00. The molecular formula is C37H34O17. The molecule has 0 amide bonds. The SMILES string of the molecule is CC(=O)Oc1cc(OC(C)=O)c(C2c3c(OC(C)=O)cc(OC(C)=O)cc3OC(c3ccc(OC(C)=O)c(OC(C)=O)c3)C2OC(C)=O)c(OC(C)=O)c1. The van der Waals surface area contributed by atoms with Gasteiger partial charge in [0.2, 0.25) is 0 Å². The van der Waals surface area contributed by atoms with Gasteiger partial charge in [0.25, 0.3) is 0 Å². The molecule has 0 bridgehead atoms. The van der Waals surface area contributed by atoms with Crippen LogP contribution in [-0.4, -0.2) is 53.9 Å². The molecule has 0 aromatic heterocycles. The van der Waals surface area contributed by atoms with Gasteiger partial charge in [0, 0.05) is 96.3 Å². The monoisotopic (exact) mass is 750 g/mol. The Labute approximate surface area is 307 Å². The third kappa shape index (κ3) is 9.96. The van der Waals surface area contributed by atoms with Gasteiger partial charge < -0.3 is 42.6 Å². The van der Waals surface area contributed by atoms with E-state index in [1.54, 1.807) is 0 Å². The summed E-state index contributed by atoms with van der Waals surface area (Å²) in [6.07, 6.45) is -2.98. The van der Waals surface area contributed by atoms with Gasteiger partial charge in [0.05, 0.1) is 5.92 Å². The van der Waals surface area contributed by atoms with Crippen LogP contribution in [-0.2, 0) is 43.1 Å². The Morgan fingerprint density at radius 1 is 0.444 bits per heavy atom. The maximum Gasteiger partial charge on any atom is 0.308 e. The minimum Gasteiger partial charge on any atom is -0.481 e. The topological polar surface area (TPSA) is 220 Å². The van der Waals surface area contributed by atoms with Crippen LogP contribution in [0.1, 0.15) is 84.1 Å². The van der Waals surface area contributed by atoms with Crippen molar-refractivity contribution in [1.29, 1.82) is 0 Å². The molecule has 17 nitrogen and oxygen atoms in total. The molecule has 284 valence electrons. The van der Waals surface area contributed by atoms with Crippen LogP contribution in [0.2, 0.25) is 0 Å². The molecule has 1 aliphatic rings. The summed E-state index contributed by atoms with van der Waals surface area (Å²) >= 11 is 0. The van der Waals surface area contributed by atoms with Crippen LogP contribution >= 0.6 is 0 Å². The number of fused-ring (bicyclic) bond motifs is 1. The Hall–Kier alpha value is -6.78. The van der Waals surface area contributed by atoms with Gasteiger partial charge in [-0.3, -0.25) is 38.4 Å². The van der Waals surface area contributed by atoms with Gasteiger partial charge in [-0.1, -0.05) is 6.07 Å². The first-order chi connectivity index (χ1) is 25.3. The van der Waals surface area contributed by atoms with Crippen LogP contribution in [0, 0.1) is 0 Å². The van der Waals surface area contributed by atoms with E-state index in [1.165, 1.54) is 30.3 Å². The maximum absolute atomic E-state index is 12.9. The second-order valence-corrected chi connectivity index (χ2v) is 11.6. The maximum atomic E-state index is 12.9. The van der Waals surface area contributed by atoms with Gasteiger partial charge in [-0.2, -0.15) is 0 Å². The van der Waals surface area contributed by atoms with Crippen molar-refractivity contribution < 1.29 is 81.0 Å². The van der Waals surface area contributed by atoms with Crippen molar-refractivity contribution in [2.75, 3.05) is 0 Å². The third-order valence-electron chi connectivity index (χ3n) is 7.05. The number of esters is 8. The summed E-state index contributed by atoms with van der Waals surface area (Å²) in [6, 6.07) is 8.70. The zero-order valence-electron chi connectivity index (χ0n) is 30.2. The van der Waals surface area contributed by atoms with Crippen molar-refractivity contribution in [2.24, 2.45) is 0 Å². The Balaban J connectivity index is 2.20. The first-order valence-electron chi connectivity index (χ1n) is 16.0. The predicted molar refractivity (Wildman–Crippen MR) is 179 cm³/mol. The minimum atomic E-state index is -1.56. The lowest BCUT2D eigenvalue weighted by atomic mass is 9.78. The van der Waals surface area contributed by atoms with Gasteiger partial charge in [0.15, 0.2) is 23.7 Å². The summed E-state index contributed by atoms with van der Waals surface area (Å²) in [5, 5.41) is 0. The zero-order chi connectivity index (χ0) is 40.0. The second kappa shape index (κ2) is 16.7. The highest BCUT2D eigenvalue weighted by Gasteiger charge is 2.48. The van der Waals surface area contributed by atoms with Gasteiger partial charge in [-0.05, 0) is 12.1 Å². The summed E-state index contributed by atoms with van der Waals surface area (Å²) < 4.78 is 50.2. The largest absolute Gasteiger partial charge is 0.481 e. The number of benzene rings is 3. The van der Waals surface area contributed by atoms with Gasteiger partial charge in [-0.15, -0.1) is 0 Å². The molecule has 0 fully saturated rings. The molecular weight excluding hydrogens is 716 g/mol. The molecule has 0 saturated heterocycles. The smallest absolute Gasteiger partial charge is 0.308 e. The molecule has 17 heteroatoms. The van der Waals surface area contributed by atoms with E-state index in [1.807, 2.05) is 0 Å². The Kier molecular flexibility index (Phi) is 12.4. The number of rotatable bonds is 10. The van der Waals surface area contributed by atoms with Crippen LogP contribution in [0.4, 0.5) is 0 Å². The normalized spacial score (nSPS) is 15.6. The molecule has 1 aliphatic heterocycles. The number of hydrogen-bond donors (Lipinski definition) is 0. The lowest BCUT2D eigenvalue weighted by Crippen LogP contribution is -2.39. The van der Waals surface area contributed by atoms with Crippen molar-refractivity contribution in [2.45, 2.75) is 73.5 Å². The van der Waals surface area contributed by atoms with E-state index in [2.05, 4.69) is 0 Å². The first-order valence-corrected chi connectivity index (χ1v) is 16.0. The molecule has 3 aromatic carbocycles. The molecule has 4 rings (SSSR count). The molecule has 3 atom stereocenters. The molecule has 0 N–H and O–H groups in total. The van der Waals surface area contributed by atoms with E-state index < -0.39 is 65.9 Å². The van der Waals surface area contributed by atoms with Crippen LogP contribution in [0.15, 0.2) is 42.5 Å². The van der Waals surface area contributed by atoms with Crippen molar-refractivity contribution in [3.8, 4) is 46.0 Å². The van der Waals surface area contributed by atoms with E-state index in [0.717, 1.165) is 67.5 Å². The molecule has 0 radical (unpaired) electrons. The fourth-order valence-corrected chi connectivity index (χ4v) is 5.64. The number of hydrogen-bond acceptors (Lipinski definition) is 17. The van der Waals surface area contributed by atoms with E-state index in [9.17, 15) is 38.4 Å². The number of carbonyl (C=O) groups excluding carboxylic acids is 8. The lowest BCUT2D eigenvalue weighted by molar-refractivity contribution is -0.154. The number of carbonyl (C=O) groups is 8. The third-order valence-corrected chi connectivity index (χ3v) is 7.05. The van der Waals surface area contributed by atoms with Gasteiger partial charge in [0.1, 0.15) is 34.5 Å². The van der Waals surface area contributed by atoms with Crippen LogP contribution in [0.5, 0.6) is 46.0 Å². The van der Waals surface area contributed by atoms with Crippen LogP contribution in [0.3, 0.4) is 0 Å². The van der Waals surface area contributed by atoms with Crippen molar-refractivity contribution in [1.82, 2.24) is 0 Å². The van der Waals surface area contributed by atoms with E-state index in [-0.39, 0.29) is 62.7 Å². The summed E-state index contributed by atoms with van der Waals surface area (Å²) in [4.78, 5) is 98.5. The van der Waals surface area contributed by atoms with E-state index >= 15 is 0 Å². The van der Waals surface area contributed by atoms with Crippen LogP contribution in [0.25, 0.3) is 0 Å². The Bertz CT molecular complexity index is 2030. The standard InChI is InChI=1S/C37H34O17/c1-16(38)46-25-12-29(50-20(5)42)33(30(13-25)51-21(6)43)35-34-31(52-22(7)44)14-26(47-17(2)39)15-32(34)54-36(37(35)53-23(8)45)24-9-10-27(48-18(3)40)28(11-24)49-19(4)41/h9-15,35-37H,1-8H3. The van der Waals surface area contributed by atoms with Crippen LogP contribution < -0.4 is 37.9 Å². The van der Waals surface area contributed by atoms with Gasteiger partial charge >= 0.3 is 47.8 Å². The lowest BCUT2D eigenvalue weighted by Gasteiger charge is -2.40. The number of ether oxygens (including phenoxy) is 9. The highest BCUT2D eigenvalue weighted by Crippen LogP contribution is 2.56. The summed E-state index contributed by atoms with van der Waals surface area (Å²) in [5.41, 5.74) is -0.0829. The fourth-order valence-electron chi connectivity index (χ4n) is 5.64.